The van der Waals surface area contributed by atoms with E-state index >= 15 is 0 Å². The first-order valence-electron chi connectivity index (χ1n) is 7.97. The molecule has 0 atom stereocenters. The third kappa shape index (κ3) is 3.64. The van der Waals surface area contributed by atoms with Gasteiger partial charge < -0.3 is 9.26 Å². The van der Waals surface area contributed by atoms with Crippen LogP contribution >= 0.6 is 0 Å². The number of amides is 1. The summed E-state index contributed by atoms with van der Waals surface area (Å²) in [5, 5.41) is 10.5. The fraction of sp³-hybridized carbons (Fsp3) is 0.222. The van der Waals surface area contributed by atoms with E-state index < -0.39 is 18.5 Å². The molecule has 2 aromatic heterocycles. The largest absolute Gasteiger partial charge is 0.452 e. The lowest BCUT2D eigenvalue weighted by Gasteiger charge is -2.06. The van der Waals surface area contributed by atoms with Gasteiger partial charge in [0.25, 0.3) is 5.91 Å². The number of aryl methyl sites for hydroxylation is 2. The second-order valence-corrected chi connectivity index (χ2v) is 5.75. The number of nitrogens with zero attached hydrogens (tertiary/aromatic N) is 3. The van der Waals surface area contributed by atoms with Crippen LogP contribution in [0.2, 0.25) is 0 Å². The minimum absolute atomic E-state index is 0.202. The van der Waals surface area contributed by atoms with Crippen molar-refractivity contribution < 1.29 is 18.8 Å². The lowest BCUT2D eigenvalue weighted by molar-refractivity contribution is -0.119. The van der Waals surface area contributed by atoms with Crippen molar-refractivity contribution in [2.24, 2.45) is 0 Å². The van der Waals surface area contributed by atoms with Crippen LogP contribution in [0.15, 0.2) is 40.9 Å². The Hall–Kier alpha value is -3.42. The molecule has 8 nitrogen and oxygen atoms in total. The van der Waals surface area contributed by atoms with Crippen molar-refractivity contribution in [1.82, 2.24) is 14.9 Å². The maximum atomic E-state index is 12.4. The zero-order valence-corrected chi connectivity index (χ0v) is 14.6. The Kier molecular flexibility index (Phi) is 4.83. The Morgan fingerprint density at radius 2 is 1.92 bits per heavy atom. The molecule has 26 heavy (non-hydrogen) atoms. The van der Waals surface area contributed by atoms with Gasteiger partial charge in [0, 0.05) is 6.07 Å². The summed E-state index contributed by atoms with van der Waals surface area (Å²) in [7, 11) is 0. The van der Waals surface area contributed by atoms with Crippen LogP contribution in [0, 0.1) is 20.8 Å². The lowest BCUT2D eigenvalue weighted by Crippen LogP contribution is -2.21. The zero-order chi connectivity index (χ0) is 18.7. The Labute approximate surface area is 149 Å². The van der Waals surface area contributed by atoms with E-state index in [4.69, 9.17) is 9.26 Å². The van der Waals surface area contributed by atoms with E-state index in [9.17, 15) is 9.59 Å². The molecule has 3 aromatic rings. The van der Waals surface area contributed by atoms with Crippen molar-refractivity contribution in [3.8, 4) is 5.69 Å². The predicted octanol–water partition coefficient (Wildman–Crippen LogP) is 2.58. The van der Waals surface area contributed by atoms with Crippen molar-refractivity contribution in [2.45, 2.75) is 20.8 Å². The number of anilines is 1. The molecule has 0 aliphatic rings. The molecular weight excluding hydrogens is 336 g/mol. The van der Waals surface area contributed by atoms with Gasteiger partial charge in [0.1, 0.15) is 5.56 Å². The molecule has 134 valence electrons. The van der Waals surface area contributed by atoms with Crippen molar-refractivity contribution in [3.63, 3.8) is 0 Å². The van der Waals surface area contributed by atoms with Crippen LogP contribution in [0.4, 0.5) is 5.88 Å². The molecular formula is C18H18N4O4. The van der Waals surface area contributed by atoms with E-state index in [0.717, 1.165) is 5.69 Å². The molecule has 1 aromatic carbocycles. The first-order chi connectivity index (χ1) is 12.5. The number of benzene rings is 1. The summed E-state index contributed by atoms with van der Waals surface area (Å²) >= 11 is 0. The quantitative estimate of drug-likeness (QED) is 0.707. The molecule has 8 heteroatoms. The topological polar surface area (TPSA) is 99.2 Å². The highest BCUT2D eigenvalue weighted by Crippen LogP contribution is 2.18. The fourth-order valence-electron chi connectivity index (χ4n) is 2.56. The molecule has 0 saturated heterocycles. The number of esters is 1. The number of para-hydroxylation sites is 1. The van der Waals surface area contributed by atoms with Crippen molar-refractivity contribution in [1.29, 1.82) is 0 Å². The van der Waals surface area contributed by atoms with E-state index in [0.29, 0.717) is 22.6 Å². The molecule has 0 fully saturated rings. The molecule has 0 unspecified atom stereocenters. The highest BCUT2D eigenvalue weighted by atomic mass is 16.5. The number of aromatic nitrogens is 3. The minimum atomic E-state index is -0.605. The minimum Gasteiger partial charge on any atom is -0.452 e. The van der Waals surface area contributed by atoms with Crippen LogP contribution < -0.4 is 5.32 Å². The number of carbonyl (C=O) groups is 2. The fourth-order valence-corrected chi connectivity index (χ4v) is 2.56. The average Bonchev–Trinajstić information content (AvgIpc) is 3.16. The van der Waals surface area contributed by atoms with Gasteiger partial charge in [0.15, 0.2) is 6.61 Å². The van der Waals surface area contributed by atoms with Crippen molar-refractivity contribution >= 4 is 17.8 Å². The second kappa shape index (κ2) is 7.22. The number of hydrogen-bond donors (Lipinski definition) is 1. The molecule has 0 saturated carbocycles. The molecule has 2 heterocycles. The van der Waals surface area contributed by atoms with Crippen LogP contribution in [0.5, 0.6) is 0 Å². The summed E-state index contributed by atoms with van der Waals surface area (Å²) in [5.41, 5.74) is 2.99. The standard InChI is InChI=1S/C18H18N4O4/c1-11-9-16(26-21-11)19-15(23)10-25-18(24)17-12(2)20-22(13(17)3)14-7-5-4-6-8-14/h4-9H,10H2,1-3H3,(H,19,23). The van der Waals surface area contributed by atoms with E-state index in [1.807, 2.05) is 30.3 Å². The van der Waals surface area contributed by atoms with Crippen molar-refractivity contribution in [2.75, 3.05) is 11.9 Å². The SMILES string of the molecule is Cc1cc(NC(=O)COC(=O)c2c(C)nn(-c3ccccc3)c2C)on1. The van der Waals surface area contributed by atoms with Gasteiger partial charge in [0.2, 0.25) is 5.88 Å². The Morgan fingerprint density at radius 1 is 1.19 bits per heavy atom. The predicted molar refractivity (Wildman–Crippen MR) is 93.2 cm³/mol. The normalized spacial score (nSPS) is 10.6. The monoisotopic (exact) mass is 354 g/mol. The Balaban J connectivity index is 1.68. The van der Waals surface area contributed by atoms with Gasteiger partial charge in [-0.2, -0.15) is 5.10 Å². The van der Waals surface area contributed by atoms with Crippen LogP contribution in [-0.2, 0) is 9.53 Å². The van der Waals surface area contributed by atoms with Crippen molar-refractivity contribution in [3.05, 3.63) is 59.0 Å². The zero-order valence-electron chi connectivity index (χ0n) is 14.6. The van der Waals surface area contributed by atoms with E-state index in [1.165, 1.54) is 0 Å². The van der Waals surface area contributed by atoms with Gasteiger partial charge in [0.05, 0.1) is 22.8 Å². The first kappa shape index (κ1) is 17.4. The molecule has 0 spiro atoms. The van der Waals surface area contributed by atoms with Crippen LogP contribution in [-0.4, -0.2) is 33.4 Å². The van der Waals surface area contributed by atoms with Gasteiger partial charge in [-0.25, -0.2) is 9.48 Å². The first-order valence-corrected chi connectivity index (χ1v) is 7.97. The number of ether oxygens (including phenoxy) is 1. The molecule has 1 N–H and O–H groups in total. The number of nitrogens with one attached hydrogen (secondary N) is 1. The van der Waals surface area contributed by atoms with Gasteiger partial charge in [-0.3, -0.25) is 10.1 Å². The average molecular weight is 354 g/mol. The number of rotatable bonds is 5. The van der Waals surface area contributed by atoms with Crippen LogP contribution in [0.1, 0.15) is 27.4 Å². The van der Waals surface area contributed by atoms with Crippen LogP contribution in [0.3, 0.4) is 0 Å². The van der Waals surface area contributed by atoms with Gasteiger partial charge in [-0.15, -0.1) is 0 Å². The maximum Gasteiger partial charge on any atom is 0.342 e. The van der Waals surface area contributed by atoms with Gasteiger partial charge in [-0.1, -0.05) is 23.4 Å². The summed E-state index contributed by atoms with van der Waals surface area (Å²) in [5.74, 6) is -0.917. The van der Waals surface area contributed by atoms with E-state index in [-0.39, 0.29) is 5.88 Å². The Morgan fingerprint density at radius 3 is 2.58 bits per heavy atom. The summed E-state index contributed by atoms with van der Waals surface area (Å²) < 4.78 is 11.7. The molecule has 0 radical (unpaired) electrons. The Bertz CT molecular complexity index is 944. The van der Waals surface area contributed by atoms with Gasteiger partial charge >= 0.3 is 5.97 Å². The van der Waals surface area contributed by atoms with Crippen LogP contribution in [0.25, 0.3) is 5.69 Å². The third-order valence-electron chi connectivity index (χ3n) is 3.72. The molecule has 0 bridgehead atoms. The summed E-state index contributed by atoms with van der Waals surface area (Å²) in [6, 6.07) is 11.0. The highest BCUT2D eigenvalue weighted by Gasteiger charge is 2.21. The number of hydrogen-bond acceptors (Lipinski definition) is 6. The summed E-state index contributed by atoms with van der Waals surface area (Å²) in [6.45, 7) is 4.80. The second-order valence-electron chi connectivity index (χ2n) is 5.75. The number of carbonyl (C=O) groups excluding carboxylic acids is 2. The maximum absolute atomic E-state index is 12.4. The lowest BCUT2D eigenvalue weighted by atomic mass is 10.2. The molecule has 3 rings (SSSR count). The molecule has 0 aliphatic heterocycles. The molecule has 1 amide bonds. The summed E-state index contributed by atoms with van der Waals surface area (Å²) in [6.07, 6.45) is 0. The molecule has 0 aliphatic carbocycles. The van der Waals surface area contributed by atoms with E-state index in [2.05, 4.69) is 15.6 Å². The third-order valence-corrected chi connectivity index (χ3v) is 3.72. The smallest absolute Gasteiger partial charge is 0.342 e. The van der Waals surface area contributed by atoms with Gasteiger partial charge in [-0.05, 0) is 32.9 Å². The highest BCUT2D eigenvalue weighted by molar-refractivity contribution is 5.96. The van der Waals surface area contributed by atoms with E-state index in [1.54, 1.807) is 31.5 Å². The summed E-state index contributed by atoms with van der Waals surface area (Å²) in [4.78, 5) is 24.3.